The number of anilines is 2. The lowest BCUT2D eigenvalue weighted by atomic mass is 10.0. The summed E-state index contributed by atoms with van der Waals surface area (Å²) in [5.41, 5.74) is 8.96. The molecule has 0 aliphatic heterocycles. The maximum atomic E-state index is 9.13. The molecule has 1 fully saturated rings. The van der Waals surface area contributed by atoms with E-state index in [1.54, 1.807) is 12.1 Å². The fraction of sp³-hybridized carbons (Fsp3) is 0.219. The average Bonchev–Trinajstić information content (AvgIpc) is 3.72. The second kappa shape index (κ2) is 9.68. The number of hydrogen-bond acceptors (Lipinski definition) is 5. The first kappa shape index (κ1) is 23.7. The monoisotopic (exact) mass is 499 g/mol. The third-order valence-corrected chi connectivity index (χ3v) is 7.06. The van der Waals surface area contributed by atoms with E-state index in [4.69, 9.17) is 20.0 Å². The van der Waals surface area contributed by atoms with E-state index in [1.165, 1.54) is 24.0 Å². The molecule has 38 heavy (non-hydrogen) atoms. The van der Waals surface area contributed by atoms with Crippen LogP contribution in [0.4, 0.5) is 11.6 Å². The molecule has 0 unspecified atom stereocenters. The van der Waals surface area contributed by atoms with Crippen molar-refractivity contribution in [2.45, 2.75) is 46.1 Å². The quantitative estimate of drug-likeness (QED) is 0.248. The number of benzene rings is 3. The maximum absolute atomic E-state index is 9.13. The van der Waals surface area contributed by atoms with Gasteiger partial charge >= 0.3 is 0 Å². The molecule has 3 aromatic carbocycles. The summed E-state index contributed by atoms with van der Waals surface area (Å²) in [7, 11) is 0. The highest BCUT2D eigenvalue weighted by atomic mass is 16.5. The topological polar surface area (TPSA) is 75.8 Å². The van der Waals surface area contributed by atoms with Gasteiger partial charge in [-0.05, 0) is 91.6 Å². The zero-order chi connectivity index (χ0) is 26.2. The zero-order valence-corrected chi connectivity index (χ0v) is 21.8. The van der Waals surface area contributed by atoms with Crippen LogP contribution in [0.5, 0.6) is 11.6 Å². The molecule has 0 spiro atoms. The van der Waals surface area contributed by atoms with Gasteiger partial charge in [0, 0.05) is 18.4 Å². The predicted octanol–water partition coefficient (Wildman–Crippen LogP) is 7.69. The second-order valence-corrected chi connectivity index (χ2v) is 10.1. The van der Waals surface area contributed by atoms with Crippen LogP contribution in [0.2, 0.25) is 0 Å². The Morgan fingerprint density at radius 2 is 1.66 bits per heavy atom. The molecule has 0 amide bonds. The lowest BCUT2D eigenvalue weighted by Crippen LogP contribution is -2.05. The normalized spacial score (nSPS) is 12.9. The summed E-state index contributed by atoms with van der Waals surface area (Å²) in [6, 6.07) is 24.3. The summed E-state index contributed by atoms with van der Waals surface area (Å²) in [5.74, 6) is 2.48. The summed E-state index contributed by atoms with van der Waals surface area (Å²) in [6.45, 7) is 6.96. The van der Waals surface area contributed by atoms with Gasteiger partial charge in [0.1, 0.15) is 16.8 Å². The summed E-state index contributed by atoms with van der Waals surface area (Å²) in [5, 5.41) is 12.4. The van der Waals surface area contributed by atoms with E-state index in [-0.39, 0.29) is 0 Å². The molecule has 6 nitrogen and oxygen atoms in total. The van der Waals surface area contributed by atoms with Crippen LogP contribution in [0.3, 0.4) is 0 Å². The summed E-state index contributed by atoms with van der Waals surface area (Å²) >= 11 is 0. The lowest BCUT2D eigenvalue weighted by Gasteiger charge is -2.16. The molecule has 1 N–H and O–H groups in total. The van der Waals surface area contributed by atoms with E-state index in [9.17, 15) is 0 Å². The Morgan fingerprint density at radius 1 is 0.947 bits per heavy atom. The van der Waals surface area contributed by atoms with Crippen LogP contribution < -0.4 is 10.1 Å². The van der Waals surface area contributed by atoms with E-state index >= 15 is 0 Å². The van der Waals surface area contributed by atoms with E-state index < -0.39 is 0 Å². The zero-order valence-electron chi connectivity index (χ0n) is 21.8. The van der Waals surface area contributed by atoms with Crippen LogP contribution in [0.15, 0.2) is 72.9 Å². The predicted molar refractivity (Wildman–Crippen MR) is 150 cm³/mol. The van der Waals surface area contributed by atoms with E-state index in [1.807, 2.05) is 18.2 Å². The molecule has 1 aliphatic rings. The van der Waals surface area contributed by atoms with Crippen LogP contribution in [0.1, 0.15) is 52.1 Å². The lowest BCUT2D eigenvalue weighted by molar-refractivity contribution is 0.458. The van der Waals surface area contributed by atoms with Crippen molar-refractivity contribution in [1.82, 2.24) is 14.5 Å². The highest BCUT2D eigenvalue weighted by Gasteiger charge is 2.25. The van der Waals surface area contributed by atoms with Crippen molar-refractivity contribution in [2.24, 2.45) is 0 Å². The third-order valence-electron chi connectivity index (χ3n) is 7.06. The van der Waals surface area contributed by atoms with Gasteiger partial charge in [-0.25, -0.2) is 4.98 Å². The van der Waals surface area contributed by atoms with Crippen LogP contribution in [-0.2, 0) is 6.54 Å². The van der Waals surface area contributed by atoms with E-state index in [0.29, 0.717) is 29.9 Å². The number of nitriles is 1. The fourth-order valence-electron chi connectivity index (χ4n) is 5.01. The number of nitrogens with zero attached hydrogens (tertiary/aromatic N) is 4. The number of rotatable bonds is 7. The van der Waals surface area contributed by atoms with Crippen molar-refractivity contribution < 1.29 is 4.74 Å². The maximum Gasteiger partial charge on any atom is 0.249 e. The minimum Gasteiger partial charge on any atom is -0.436 e. The van der Waals surface area contributed by atoms with Crippen LogP contribution in [0, 0.1) is 32.1 Å². The number of aromatic nitrogens is 3. The SMILES string of the molecule is Cc1cc(C2CC2)cc(C)c1Oc1nc(Nc2ccc(C#N)cc2)nc2c(C)cn(Cc3ccccc3)c12. The van der Waals surface area contributed by atoms with Gasteiger partial charge in [0.05, 0.1) is 11.6 Å². The van der Waals surface area contributed by atoms with Gasteiger partial charge in [0.2, 0.25) is 11.8 Å². The Labute approximate surface area is 222 Å². The highest BCUT2D eigenvalue weighted by molar-refractivity contribution is 5.86. The van der Waals surface area contributed by atoms with Crippen LogP contribution in [0.25, 0.3) is 11.0 Å². The molecule has 6 rings (SSSR count). The third kappa shape index (κ3) is 4.71. The highest BCUT2D eigenvalue weighted by Crippen LogP contribution is 2.43. The van der Waals surface area contributed by atoms with Crippen molar-refractivity contribution in [3.63, 3.8) is 0 Å². The second-order valence-electron chi connectivity index (χ2n) is 10.1. The molecule has 0 saturated heterocycles. The molecule has 6 heteroatoms. The van der Waals surface area contributed by atoms with Gasteiger partial charge < -0.3 is 14.6 Å². The standard InChI is InChI=1S/C32H29N5O/c1-20-15-26(25-11-12-25)16-21(2)30(20)38-31-29-28(22(3)18-37(29)19-24-7-5-4-6-8-24)35-32(36-31)34-27-13-9-23(17-33)10-14-27/h4-10,13-16,18,25H,11-12,19H2,1-3H3,(H,34,35,36). The number of ether oxygens (including phenoxy) is 1. The number of aryl methyl sites for hydroxylation is 3. The van der Waals surface area contributed by atoms with Crippen molar-refractivity contribution in [1.29, 1.82) is 5.26 Å². The molecule has 0 bridgehead atoms. The molecule has 5 aromatic rings. The van der Waals surface area contributed by atoms with Crippen LogP contribution in [-0.4, -0.2) is 14.5 Å². The first-order valence-corrected chi connectivity index (χ1v) is 13.0. The van der Waals surface area contributed by atoms with Crippen molar-refractivity contribution in [3.8, 4) is 17.7 Å². The minimum atomic E-state index is 0.447. The van der Waals surface area contributed by atoms with Crippen molar-refractivity contribution >= 4 is 22.7 Å². The molecule has 188 valence electrons. The Morgan fingerprint density at radius 3 is 2.32 bits per heavy atom. The molecule has 1 aliphatic carbocycles. The van der Waals surface area contributed by atoms with E-state index in [0.717, 1.165) is 39.2 Å². The molecular weight excluding hydrogens is 470 g/mol. The number of nitrogens with one attached hydrogen (secondary N) is 1. The Kier molecular flexibility index (Phi) is 6.05. The molecular formula is C32H29N5O. The van der Waals surface area contributed by atoms with Gasteiger partial charge in [-0.1, -0.05) is 42.5 Å². The van der Waals surface area contributed by atoms with Gasteiger partial charge in [0.25, 0.3) is 0 Å². The summed E-state index contributed by atoms with van der Waals surface area (Å²) < 4.78 is 8.83. The average molecular weight is 500 g/mol. The fourth-order valence-corrected chi connectivity index (χ4v) is 5.01. The molecule has 2 heterocycles. The smallest absolute Gasteiger partial charge is 0.249 e. The van der Waals surface area contributed by atoms with Crippen molar-refractivity contribution in [3.05, 3.63) is 106 Å². The summed E-state index contributed by atoms with van der Waals surface area (Å²) in [6.07, 6.45) is 4.64. The number of fused-ring (bicyclic) bond motifs is 1. The Bertz CT molecular complexity index is 1650. The van der Waals surface area contributed by atoms with Crippen LogP contribution >= 0.6 is 0 Å². The molecule has 1 saturated carbocycles. The van der Waals surface area contributed by atoms with Gasteiger partial charge in [-0.3, -0.25) is 0 Å². The first-order valence-electron chi connectivity index (χ1n) is 13.0. The number of hydrogen-bond donors (Lipinski definition) is 1. The van der Waals surface area contributed by atoms with E-state index in [2.05, 4.69) is 79.3 Å². The largest absolute Gasteiger partial charge is 0.436 e. The molecule has 0 radical (unpaired) electrons. The summed E-state index contributed by atoms with van der Waals surface area (Å²) in [4.78, 5) is 9.75. The minimum absolute atomic E-state index is 0.447. The first-order chi connectivity index (χ1) is 18.5. The Balaban J connectivity index is 1.45. The van der Waals surface area contributed by atoms with Gasteiger partial charge in [0.15, 0.2) is 0 Å². The van der Waals surface area contributed by atoms with Gasteiger partial charge in [-0.15, -0.1) is 0 Å². The van der Waals surface area contributed by atoms with Gasteiger partial charge in [-0.2, -0.15) is 10.2 Å². The molecule has 2 aromatic heterocycles. The Hall–Kier alpha value is -4.63. The molecule has 0 atom stereocenters. The van der Waals surface area contributed by atoms with Crippen molar-refractivity contribution in [2.75, 3.05) is 5.32 Å².